The first kappa shape index (κ1) is 48.6. The molecule has 1 nitrogen and oxygen atoms in total. The van der Waals surface area contributed by atoms with Gasteiger partial charge in [-0.05, 0) is 0 Å². The number of hydrogen-bond donors (Lipinski definition) is 0. The maximum absolute atomic E-state index is 0. The molecule has 0 heterocycles. The predicted octanol–water partition coefficient (Wildman–Crippen LogP) is -0.507. The van der Waals surface area contributed by atoms with Crippen LogP contribution in [0.25, 0.3) is 0 Å². The second-order valence-electron chi connectivity index (χ2n) is 0. The Labute approximate surface area is 211 Å². The Hall–Kier alpha value is 6.91. The van der Waals surface area contributed by atoms with Crippen molar-refractivity contribution in [1.82, 2.24) is 0 Å². The minimum atomic E-state index is 0. The van der Waals surface area contributed by atoms with E-state index in [4.69, 9.17) is 0 Å². The molecule has 0 atom stereocenters. The molecule has 0 fully saturated rings. The van der Waals surface area contributed by atoms with Gasteiger partial charge in [0.25, 0.3) is 0 Å². The van der Waals surface area contributed by atoms with Crippen LogP contribution in [0.5, 0.6) is 0 Å². The van der Waals surface area contributed by atoms with Crippen molar-refractivity contribution in [3.63, 3.8) is 0 Å². The van der Waals surface area contributed by atoms with Gasteiger partial charge >= 0.3 is 213 Å². The quantitative estimate of drug-likeness (QED) is 0.305. The predicted molar refractivity (Wildman–Crippen MR) is 6.44 cm³/mol. The minimum Gasteiger partial charge on any atom is -2.00 e. The maximum Gasteiger partial charge on any atom is 4.00 e. The second kappa shape index (κ2) is 38.4. The third-order valence-electron chi connectivity index (χ3n) is 0. The van der Waals surface area contributed by atoms with Crippen LogP contribution in [0.4, 0.5) is 0 Å². The molecule has 0 spiro atoms. The van der Waals surface area contributed by atoms with Gasteiger partial charge in [-0.2, -0.15) is 0 Å². The van der Waals surface area contributed by atoms with E-state index >= 15 is 0 Å². The molecule has 0 rings (SSSR count). The number of hydrogen-bond acceptors (Lipinski definition) is 0. The summed E-state index contributed by atoms with van der Waals surface area (Å²) in [6.07, 6.45) is 0. The first-order valence-electron chi connectivity index (χ1n) is 0. The molecule has 0 aromatic carbocycles. The van der Waals surface area contributed by atoms with Crippen LogP contribution in [0.15, 0.2) is 0 Å². The fourth-order valence-corrected chi connectivity index (χ4v) is 0. The first-order chi connectivity index (χ1) is 0. The van der Waals surface area contributed by atoms with Crippen LogP contribution in [0.3, 0.4) is 0 Å². The molecular weight excluding hydrogens is 705 g/mol. The van der Waals surface area contributed by atoms with E-state index in [1.807, 2.05) is 0 Å². The van der Waals surface area contributed by atoms with Crippen molar-refractivity contribution in [1.29, 1.82) is 0 Å². The van der Waals surface area contributed by atoms with Gasteiger partial charge in [-0.1, -0.05) is 0 Å². The zero-order valence-corrected chi connectivity index (χ0v) is 18.9. The Morgan fingerprint density at radius 1 is 1.00 bits per heavy atom. The molecule has 0 aromatic rings. The minimum absolute atomic E-state index is 0. The largest absolute Gasteiger partial charge is 4.00 e. The molecule has 0 aliphatic carbocycles. The first-order valence-corrected chi connectivity index (χ1v) is 0. The van der Waals surface area contributed by atoms with E-state index in [1.165, 1.54) is 0 Å². The van der Waals surface area contributed by atoms with Crippen LogP contribution in [-0.2, 0) is 80.9 Å². The van der Waals surface area contributed by atoms with Gasteiger partial charge in [0.2, 0.25) is 0 Å². The van der Waals surface area contributed by atoms with Gasteiger partial charge in [0.05, 0.1) is 0 Å². The monoisotopic (exact) mass is 704 g/mol. The van der Waals surface area contributed by atoms with Gasteiger partial charge in [-0.3, -0.25) is 0 Å². The molecule has 0 amide bonds. The standard InChI is InChI=1S/Ba.Ce.Ni.O.Y.Yb.Zr/q+2;+3;+2;-2;2*+3;+4. The molecular formula is BaCeNiOYYbZr+15. The van der Waals surface area contributed by atoms with E-state index in [1.54, 1.807) is 0 Å². The molecule has 0 saturated carbocycles. The fraction of sp³-hybridized carbons (Fsp3) is 0. The van der Waals surface area contributed by atoms with Gasteiger partial charge in [0.15, 0.2) is 0 Å². The summed E-state index contributed by atoms with van der Waals surface area (Å²) in [4.78, 5) is 0. The van der Waals surface area contributed by atoms with Gasteiger partial charge in [0.1, 0.15) is 0 Å². The van der Waals surface area contributed by atoms with Crippen LogP contribution < -0.4 is 0 Å². The normalized spacial score (nSPS) is 0. The van der Waals surface area contributed by atoms with Crippen LogP contribution in [-0.4, -0.2) is 48.9 Å². The maximum atomic E-state index is 0. The molecule has 28 valence electrons. The summed E-state index contributed by atoms with van der Waals surface area (Å²) in [7, 11) is 0. The Balaban J connectivity index is 0. The molecule has 7 heavy (non-hydrogen) atoms. The molecule has 0 aliphatic heterocycles. The topological polar surface area (TPSA) is 28.5 Å². The Bertz CT molecular complexity index is 19.7. The van der Waals surface area contributed by atoms with Gasteiger partial charge in [0, 0.05) is 0 Å². The molecule has 2 radical (unpaired) electrons. The fourth-order valence-electron chi connectivity index (χ4n) is 0. The summed E-state index contributed by atoms with van der Waals surface area (Å²) in [6, 6.07) is 0. The average molecular weight is 705 g/mol. The Morgan fingerprint density at radius 3 is 1.00 bits per heavy atom. The van der Waals surface area contributed by atoms with E-state index in [0.29, 0.717) is 0 Å². The molecule has 0 N–H and O–H groups in total. The van der Waals surface area contributed by atoms with Crippen molar-refractivity contribution in [2.45, 2.75) is 0 Å². The SMILES string of the molecule is [Ba+2].[Ce+3].[Ni+2].[O-2].[Y+3].[Yb+3].[Zr+4]. The second-order valence-corrected chi connectivity index (χ2v) is 0. The third-order valence-corrected chi connectivity index (χ3v) is 0. The van der Waals surface area contributed by atoms with E-state index < -0.39 is 0 Å². The van der Waals surface area contributed by atoms with E-state index in [0.717, 1.165) is 0 Å². The average Bonchev–Trinajstić information content (AvgIpc) is 0. The van der Waals surface area contributed by atoms with Crippen molar-refractivity contribution in [3.05, 3.63) is 0 Å². The van der Waals surface area contributed by atoms with E-state index in [2.05, 4.69) is 0 Å². The van der Waals surface area contributed by atoms with Crippen molar-refractivity contribution in [3.8, 4) is 0 Å². The van der Waals surface area contributed by atoms with Crippen molar-refractivity contribution < 1.29 is 170 Å². The third kappa shape index (κ3) is 32.2. The zero-order valence-electron chi connectivity index (χ0n) is 3.28. The summed E-state index contributed by atoms with van der Waals surface area (Å²) in [5.74, 6) is 0. The Kier molecular flexibility index (Phi) is 266. The van der Waals surface area contributed by atoms with Crippen molar-refractivity contribution >= 4 is 48.9 Å². The van der Waals surface area contributed by atoms with E-state index in [9.17, 15) is 0 Å². The Morgan fingerprint density at radius 2 is 1.00 bits per heavy atom. The number of rotatable bonds is 0. The molecule has 0 bridgehead atoms. The molecule has 0 saturated heterocycles. The van der Waals surface area contributed by atoms with Crippen LogP contribution in [0.2, 0.25) is 0 Å². The summed E-state index contributed by atoms with van der Waals surface area (Å²) < 4.78 is 0. The van der Waals surface area contributed by atoms with Crippen molar-refractivity contribution in [2.75, 3.05) is 0 Å². The van der Waals surface area contributed by atoms with Crippen LogP contribution in [0.1, 0.15) is 0 Å². The van der Waals surface area contributed by atoms with Gasteiger partial charge in [-0.25, -0.2) is 0 Å². The summed E-state index contributed by atoms with van der Waals surface area (Å²) >= 11 is 0. The van der Waals surface area contributed by atoms with Crippen LogP contribution in [0, 0.1) is 88.7 Å². The smallest absolute Gasteiger partial charge is 2.00 e. The van der Waals surface area contributed by atoms with Crippen LogP contribution >= 0.6 is 0 Å². The van der Waals surface area contributed by atoms with Gasteiger partial charge < -0.3 is 5.48 Å². The van der Waals surface area contributed by atoms with Crippen molar-refractivity contribution in [2.24, 2.45) is 0 Å². The summed E-state index contributed by atoms with van der Waals surface area (Å²) in [5, 5.41) is 0. The molecule has 0 aromatic heterocycles. The molecule has 0 aliphatic rings. The van der Waals surface area contributed by atoms with E-state index in [-0.39, 0.29) is 218 Å². The zero-order chi connectivity index (χ0) is 0. The molecule has 7 heteroatoms. The summed E-state index contributed by atoms with van der Waals surface area (Å²) in [5.41, 5.74) is 0. The molecule has 0 unspecified atom stereocenters. The van der Waals surface area contributed by atoms with Gasteiger partial charge in [-0.15, -0.1) is 0 Å². The summed E-state index contributed by atoms with van der Waals surface area (Å²) in [6.45, 7) is 0.